The maximum atomic E-state index is 5.54. The minimum absolute atomic E-state index is 0.501. The topological polar surface area (TPSA) is 35.1 Å². The lowest BCUT2D eigenvalue weighted by Gasteiger charge is -2.12. The van der Waals surface area contributed by atoms with E-state index in [1.807, 2.05) is 35.9 Å². The molecule has 0 bridgehead atoms. The summed E-state index contributed by atoms with van der Waals surface area (Å²) < 4.78 is 5.42. The number of rotatable bonds is 1. The summed E-state index contributed by atoms with van der Waals surface area (Å²) in [5.74, 6) is 0.854. The number of fused-ring (bicyclic) bond motifs is 3. The zero-order valence-electron chi connectivity index (χ0n) is 12.4. The van der Waals surface area contributed by atoms with Crippen molar-refractivity contribution in [2.24, 2.45) is 12.0 Å². The van der Waals surface area contributed by atoms with Crippen LogP contribution in [-0.4, -0.2) is 20.1 Å². The lowest BCUT2D eigenvalue weighted by Crippen LogP contribution is -2.07. The number of aryl methyl sites for hydroxylation is 1. The van der Waals surface area contributed by atoms with Gasteiger partial charge in [0.05, 0.1) is 11.4 Å². The van der Waals surface area contributed by atoms with Crippen LogP contribution in [0.25, 0.3) is 5.69 Å². The number of hydrogen-bond acceptors (Lipinski definition) is 3. The van der Waals surface area contributed by atoms with Crippen LogP contribution in [0.5, 0.6) is 0 Å². The summed E-state index contributed by atoms with van der Waals surface area (Å²) in [4.78, 5) is 4.82. The van der Waals surface area contributed by atoms with Crippen molar-refractivity contribution < 1.29 is 0 Å². The van der Waals surface area contributed by atoms with E-state index in [4.69, 9.17) is 17.2 Å². The third-order valence-electron chi connectivity index (χ3n) is 3.87. The lowest BCUT2D eigenvalue weighted by atomic mass is 10.0. The molecule has 0 spiro atoms. The fourth-order valence-electron chi connectivity index (χ4n) is 2.83. The molecule has 4 rings (SSSR count). The van der Waals surface area contributed by atoms with Gasteiger partial charge in [0.15, 0.2) is 5.82 Å². The summed E-state index contributed by atoms with van der Waals surface area (Å²) in [6.45, 7) is 0.501. The second kappa shape index (κ2) is 5.54. The Labute approximate surface area is 147 Å². The van der Waals surface area contributed by atoms with Crippen molar-refractivity contribution in [3.05, 3.63) is 74.7 Å². The zero-order valence-corrected chi connectivity index (χ0v) is 14.8. The molecule has 0 unspecified atom stereocenters. The fourth-order valence-corrected chi connectivity index (χ4v) is 3.44. The van der Waals surface area contributed by atoms with Crippen LogP contribution in [-0.2, 0) is 13.6 Å². The van der Waals surface area contributed by atoms with Gasteiger partial charge in [0.25, 0.3) is 0 Å². The highest BCUT2D eigenvalue weighted by Crippen LogP contribution is 2.27. The molecule has 1 aromatic heterocycles. The monoisotopic (exact) mass is 384 g/mol. The molecule has 114 valence electrons. The van der Waals surface area contributed by atoms with Gasteiger partial charge in [-0.05, 0) is 30.4 Å². The van der Waals surface area contributed by atoms with E-state index >= 15 is 0 Å². The fraction of sp³-hybridized carbons (Fsp3) is 0.118. The smallest absolute Gasteiger partial charge is 0.202 e. The molecule has 0 saturated carbocycles. The molecule has 2 heterocycles. The highest BCUT2D eigenvalue weighted by Gasteiger charge is 2.21. The first-order valence-electron chi connectivity index (χ1n) is 7.20. The van der Waals surface area contributed by atoms with Crippen molar-refractivity contribution in [3.63, 3.8) is 0 Å². The van der Waals surface area contributed by atoms with E-state index in [9.17, 15) is 0 Å². The summed E-state index contributed by atoms with van der Waals surface area (Å²) in [6.07, 6.45) is 0. The van der Waals surface area contributed by atoms with Crippen molar-refractivity contribution in [3.8, 4) is 5.69 Å². The Morgan fingerprint density at radius 1 is 1.13 bits per heavy atom. The molecule has 1 aliphatic heterocycles. The van der Waals surface area contributed by atoms with Crippen molar-refractivity contribution in [2.75, 3.05) is 0 Å². The van der Waals surface area contributed by atoms with Gasteiger partial charge in [-0.1, -0.05) is 46.3 Å². The van der Waals surface area contributed by atoms with Gasteiger partial charge in [-0.3, -0.25) is 9.56 Å². The van der Waals surface area contributed by atoms with E-state index in [1.165, 1.54) is 0 Å². The Morgan fingerprint density at radius 2 is 1.91 bits per heavy atom. The average Bonchev–Trinajstić information content (AvgIpc) is 2.75. The van der Waals surface area contributed by atoms with E-state index in [-0.39, 0.29) is 0 Å². The van der Waals surface area contributed by atoms with Crippen LogP contribution >= 0.6 is 28.1 Å². The summed E-state index contributed by atoms with van der Waals surface area (Å²) in [6, 6.07) is 16.4. The molecule has 0 saturated heterocycles. The number of hydrogen-bond donors (Lipinski definition) is 0. The van der Waals surface area contributed by atoms with Crippen LogP contribution in [0, 0.1) is 4.77 Å². The molecular formula is C17H13BrN4S. The van der Waals surface area contributed by atoms with Gasteiger partial charge in [-0.2, -0.15) is 5.10 Å². The number of aromatic nitrogens is 3. The molecule has 1 aliphatic rings. The quantitative estimate of drug-likeness (QED) is 0.593. The van der Waals surface area contributed by atoms with Gasteiger partial charge < -0.3 is 0 Å². The summed E-state index contributed by atoms with van der Waals surface area (Å²) in [5, 5.41) is 4.52. The van der Waals surface area contributed by atoms with Gasteiger partial charge >= 0.3 is 0 Å². The summed E-state index contributed by atoms with van der Waals surface area (Å²) in [7, 11) is 1.87. The second-order valence-electron chi connectivity index (χ2n) is 5.35. The number of benzene rings is 2. The molecular weight excluding hydrogens is 372 g/mol. The predicted octanol–water partition coefficient (Wildman–Crippen LogP) is 4.05. The normalized spacial score (nSPS) is 13.0. The van der Waals surface area contributed by atoms with Crippen LogP contribution < -0.4 is 0 Å². The molecule has 2 aromatic carbocycles. The minimum atomic E-state index is 0.501. The highest BCUT2D eigenvalue weighted by molar-refractivity contribution is 9.10. The third kappa shape index (κ3) is 2.38. The molecule has 0 N–H and O–H groups in total. The molecule has 6 heteroatoms. The maximum Gasteiger partial charge on any atom is 0.202 e. The zero-order chi connectivity index (χ0) is 16.0. The van der Waals surface area contributed by atoms with Crippen molar-refractivity contribution >= 4 is 33.9 Å². The van der Waals surface area contributed by atoms with Crippen molar-refractivity contribution in [2.45, 2.75) is 6.54 Å². The third-order valence-corrected chi connectivity index (χ3v) is 4.81. The van der Waals surface area contributed by atoms with Crippen molar-refractivity contribution in [1.29, 1.82) is 0 Å². The lowest BCUT2D eigenvalue weighted by molar-refractivity contribution is 0.734. The molecule has 0 amide bonds. The summed E-state index contributed by atoms with van der Waals surface area (Å²) >= 11 is 9.11. The Kier molecular flexibility index (Phi) is 3.50. The van der Waals surface area contributed by atoms with Crippen LogP contribution in [0.4, 0.5) is 0 Å². The molecule has 0 radical (unpaired) electrons. The summed E-state index contributed by atoms with van der Waals surface area (Å²) in [5.41, 5.74) is 4.12. The molecule has 4 nitrogen and oxygen atoms in total. The number of halogens is 1. The first-order chi connectivity index (χ1) is 11.1. The number of nitrogens with zero attached hydrogens (tertiary/aromatic N) is 4. The number of aliphatic imine (C=N–C) groups is 1. The van der Waals surface area contributed by atoms with Gasteiger partial charge in [0.1, 0.15) is 6.54 Å². The van der Waals surface area contributed by atoms with Gasteiger partial charge in [-0.15, -0.1) is 0 Å². The Morgan fingerprint density at radius 3 is 2.70 bits per heavy atom. The van der Waals surface area contributed by atoms with E-state index in [2.05, 4.69) is 45.3 Å². The van der Waals surface area contributed by atoms with Crippen molar-refractivity contribution in [1.82, 2.24) is 14.3 Å². The van der Waals surface area contributed by atoms with Crippen LogP contribution in [0.15, 0.2) is 58.0 Å². The molecule has 23 heavy (non-hydrogen) atoms. The molecule has 0 atom stereocenters. The molecule has 0 fully saturated rings. The largest absolute Gasteiger partial charge is 0.276 e. The van der Waals surface area contributed by atoms with Crippen LogP contribution in [0.2, 0.25) is 0 Å². The average molecular weight is 385 g/mol. The second-order valence-corrected chi connectivity index (χ2v) is 6.63. The van der Waals surface area contributed by atoms with Crippen LogP contribution in [0.1, 0.15) is 17.0 Å². The van der Waals surface area contributed by atoms with Gasteiger partial charge in [0.2, 0.25) is 4.77 Å². The minimum Gasteiger partial charge on any atom is -0.276 e. The van der Waals surface area contributed by atoms with Crippen LogP contribution in [0.3, 0.4) is 0 Å². The van der Waals surface area contributed by atoms with Gasteiger partial charge in [0, 0.05) is 22.6 Å². The van der Waals surface area contributed by atoms with Gasteiger partial charge in [-0.25, -0.2) is 4.68 Å². The Balaban J connectivity index is 2.04. The van der Waals surface area contributed by atoms with E-state index in [0.717, 1.165) is 32.8 Å². The Bertz CT molecular complexity index is 986. The standard InChI is InChI=1S/C17H13BrN4S/c1-21-17(23)22-14-8-7-12(18)9-13(14)16(19-10-15(22)20-21)11-5-3-2-4-6-11/h2-9H,10H2,1H3. The van der Waals surface area contributed by atoms with E-state index in [1.54, 1.807) is 4.68 Å². The predicted molar refractivity (Wildman–Crippen MR) is 96.9 cm³/mol. The SMILES string of the molecule is Cn1nc2n(c1=S)-c1ccc(Br)cc1C(c1ccccc1)=NC2. The molecule has 0 aliphatic carbocycles. The van der Waals surface area contributed by atoms with E-state index in [0.29, 0.717) is 11.3 Å². The molecule has 3 aromatic rings. The maximum absolute atomic E-state index is 5.54. The Hall–Kier alpha value is -2.05. The van der Waals surface area contributed by atoms with E-state index < -0.39 is 0 Å². The first kappa shape index (κ1) is 14.5. The first-order valence-corrected chi connectivity index (χ1v) is 8.40. The highest BCUT2D eigenvalue weighted by atomic mass is 79.9.